The Morgan fingerprint density at radius 2 is 1.91 bits per heavy atom. The van der Waals surface area contributed by atoms with E-state index < -0.39 is 6.10 Å². The number of hydrogen-bond acceptors (Lipinski definition) is 4. The Balaban J connectivity index is 1.94. The van der Waals surface area contributed by atoms with E-state index in [-0.39, 0.29) is 18.2 Å². The summed E-state index contributed by atoms with van der Waals surface area (Å²) in [5.74, 6) is 5.84. The number of esters is 1. The van der Waals surface area contributed by atoms with Gasteiger partial charge in [-0.05, 0) is 19.3 Å². The third kappa shape index (κ3) is 9.63. The van der Waals surface area contributed by atoms with Gasteiger partial charge in [0.1, 0.15) is 12.2 Å². The molecule has 3 unspecified atom stereocenters. The van der Waals surface area contributed by atoms with Crippen molar-refractivity contribution in [2.24, 2.45) is 0 Å². The maximum absolute atomic E-state index is 10.9. The molecule has 1 saturated heterocycles. The zero-order valence-electron chi connectivity index (χ0n) is 14.7. The van der Waals surface area contributed by atoms with E-state index in [1.54, 1.807) is 0 Å². The van der Waals surface area contributed by atoms with Crippen molar-refractivity contribution in [1.29, 1.82) is 0 Å². The molecule has 1 N–H and O–H groups in total. The molecule has 1 aliphatic heterocycles. The topological polar surface area (TPSA) is 59.1 Å². The third-order valence-corrected chi connectivity index (χ3v) is 4.19. The molecule has 0 aromatic heterocycles. The quantitative estimate of drug-likeness (QED) is 0.258. The molecule has 0 radical (unpaired) electrons. The van der Waals surface area contributed by atoms with Crippen LogP contribution in [0.3, 0.4) is 0 Å². The van der Waals surface area contributed by atoms with Gasteiger partial charge in [0, 0.05) is 12.8 Å². The molecule has 1 rings (SSSR count). The number of carbonyl (C=O) groups is 1. The molecule has 4 nitrogen and oxygen atoms in total. The maximum atomic E-state index is 10.9. The predicted octanol–water partition coefficient (Wildman–Crippen LogP) is 3.60. The summed E-state index contributed by atoms with van der Waals surface area (Å²) < 4.78 is 10.1. The van der Waals surface area contributed by atoms with E-state index in [4.69, 9.17) is 4.74 Å². The molecule has 1 heterocycles. The molecule has 1 aliphatic rings. The van der Waals surface area contributed by atoms with Crippen molar-refractivity contribution in [3.8, 4) is 11.8 Å². The highest BCUT2D eigenvalue weighted by atomic mass is 16.6. The highest BCUT2D eigenvalue weighted by Crippen LogP contribution is 2.30. The summed E-state index contributed by atoms with van der Waals surface area (Å²) >= 11 is 0. The highest BCUT2D eigenvalue weighted by Gasteiger charge is 2.42. The number of rotatable bonds is 12. The minimum absolute atomic E-state index is 0.0577. The van der Waals surface area contributed by atoms with Crippen molar-refractivity contribution in [3.05, 3.63) is 0 Å². The van der Waals surface area contributed by atoms with Crippen molar-refractivity contribution < 1.29 is 19.4 Å². The van der Waals surface area contributed by atoms with Gasteiger partial charge in [-0.1, -0.05) is 51.4 Å². The lowest BCUT2D eigenvalue weighted by Crippen LogP contribution is -2.14. The highest BCUT2D eigenvalue weighted by molar-refractivity contribution is 5.68. The maximum Gasteiger partial charge on any atom is 0.305 e. The molecule has 0 spiro atoms. The van der Waals surface area contributed by atoms with Crippen molar-refractivity contribution in [2.75, 3.05) is 7.11 Å². The molecular weight excluding hydrogens is 292 g/mol. The van der Waals surface area contributed by atoms with E-state index >= 15 is 0 Å². The van der Waals surface area contributed by atoms with E-state index in [0.717, 1.165) is 44.9 Å². The average molecular weight is 324 g/mol. The Hall–Kier alpha value is -1.05. The molecule has 0 aliphatic carbocycles. The Labute approximate surface area is 140 Å². The summed E-state index contributed by atoms with van der Waals surface area (Å²) in [6.07, 6.45) is 10.8. The van der Waals surface area contributed by atoms with Crippen LogP contribution in [0.5, 0.6) is 0 Å². The number of hydrogen-bond donors (Lipinski definition) is 1. The minimum atomic E-state index is -0.623. The smallest absolute Gasteiger partial charge is 0.305 e. The molecule has 1 fully saturated rings. The molecule has 0 bridgehead atoms. The van der Waals surface area contributed by atoms with Gasteiger partial charge < -0.3 is 14.6 Å². The van der Waals surface area contributed by atoms with Crippen LogP contribution in [0.1, 0.15) is 77.6 Å². The van der Waals surface area contributed by atoms with E-state index in [2.05, 4.69) is 23.5 Å². The molecule has 4 heteroatoms. The first-order chi connectivity index (χ1) is 11.2. The summed E-state index contributed by atoms with van der Waals surface area (Å²) in [4.78, 5) is 10.9. The first kappa shape index (κ1) is 20.0. The fourth-order valence-electron chi connectivity index (χ4n) is 2.64. The Kier molecular flexibility index (Phi) is 10.8. The molecular formula is C19H32O4. The summed E-state index contributed by atoms with van der Waals surface area (Å²) in [6, 6.07) is 0. The lowest BCUT2D eigenvalue weighted by Gasteiger charge is -2.00. The van der Waals surface area contributed by atoms with Crippen LogP contribution in [0, 0.1) is 11.8 Å². The summed E-state index contributed by atoms with van der Waals surface area (Å²) in [5, 5.41) is 9.92. The molecule has 0 saturated carbocycles. The normalized spacial score (nSPS) is 20.5. The molecule has 0 aromatic carbocycles. The van der Waals surface area contributed by atoms with E-state index in [1.807, 2.05) is 0 Å². The van der Waals surface area contributed by atoms with Gasteiger partial charge in [0.15, 0.2) is 0 Å². The van der Waals surface area contributed by atoms with Crippen LogP contribution < -0.4 is 0 Å². The van der Waals surface area contributed by atoms with Crippen LogP contribution in [0.15, 0.2) is 0 Å². The standard InChI is InChI=1S/C19H32O4/c1-3-4-10-14-17-19(23-17)16(20)13-11-8-6-5-7-9-12-15-18(21)22-2/h16-17,19-20H,3-10,12,14-15H2,1-2H3. The van der Waals surface area contributed by atoms with Gasteiger partial charge in [-0.3, -0.25) is 4.79 Å². The van der Waals surface area contributed by atoms with Crippen LogP contribution in [0.4, 0.5) is 0 Å². The number of epoxide rings is 1. The molecule has 0 aromatic rings. The van der Waals surface area contributed by atoms with Crippen molar-refractivity contribution in [3.63, 3.8) is 0 Å². The third-order valence-electron chi connectivity index (χ3n) is 4.19. The number of aliphatic hydroxyl groups excluding tert-OH is 1. The van der Waals surface area contributed by atoms with Crippen molar-refractivity contribution >= 4 is 5.97 Å². The second-order valence-electron chi connectivity index (χ2n) is 6.24. The van der Waals surface area contributed by atoms with E-state index in [0.29, 0.717) is 6.42 Å². The van der Waals surface area contributed by atoms with E-state index in [9.17, 15) is 9.90 Å². The molecule has 23 heavy (non-hydrogen) atoms. The molecule has 0 amide bonds. The summed E-state index contributed by atoms with van der Waals surface area (Å²) in [7, 11) is 1.43. The number of ether oxygens (including phenoxy) is 2. The fourth-order valence-corrected chi connectivity index (χ4v) is 2.64. The number of methoxy groups -OCH3 is 1. The lowest BCUT2D eigenvalue weighted by molar-refractivity contribution is -0.140. The largest absolute Gasteiger partial charge is 0.469 e. The fraction of sp³-hybridized carbons (Fsp3) is 0.842. The van der Waals surface area contributed by atoms with Crippen LogP contribution in [-0.2, 0) is 14.3 Å². The lowest BCUT2D eigenvalue weighted by atomic mass is 10.1. The van der Waals surface area contributed by atoms with Gasteiger partial charge in [-0.2, -0.15) is 0 Å². The molecule has 132 valence electrons. The number of aliphatic hydroxyl groups is 1. The Morgan fingerprint density at radius 1 is 1.17 bits per heavy atom. The van der Waals surface area contributed by atoms with E-state index in [1.165, 1.54) is 26.4 Å². The number of unbranched alkanes of at least 4 members (excludes halogenated alkanes) is 7. The van der Waals surface area contributed by atoms with Crippen LogP contribution in [0.25, 0.3) is 0 Å². The van der Waals surface area contributed by atoms with Crippen LogP contribution in [-0.4, -0.2) is 36.5 Å². The summed E-state index contributed by atoms with van der Waals surface area (Å²) in [5.41, 5.74) is 0. The van der Waals surface area contributed by atoms with Gasteiger partial charge >= 0.3 is 5.97 Å². The van der Waals surface area contributed by atoms with Gasteiger partial charge in [-0.25, -0.2) is 0 Å². The monoisotopic (exact) mass is 324 g/mol. The second-order valence-corrected chi connectivity index (χ2v) is 6.24. The van der Waals surface area contributed by atoms with Crippen molar-refractivity contribution in [2.45, 2.75) is 95.9 Å². The zero-order chi connectivity index (χ0) is 16.9. The van der Waals surface area contributed by atoms with Crippen LogP contribution >= 0.6 is 0 Å². The van der Waals surface area contributed by atoms with Gasteiger partial charge in [0.2, 0.25) is 0 Å². The Bertz CT molecular complexity index is 383. The predicted molar refractivity (Wildman–Crippen MR) is 90.9 cm³/mol. The number of carbonyl (C=O) groups excluding carboxylic acids is 1. The SMILES string of the molecule is CCCCCC1OC1C(O)C#CCCCCCCCC(=O)OC. The van der Waals surface area contributed by atoms with Crippen LogP contribution in [0.2, 0.25) is 0 Å². The average Bonchev–Trinajstić information content (AvgIpc) is 3.32. The zero-order valence-corrected chi connectivity index (χ0v) is 14.7. The minimum Gasteiger partial charge on any atom is -0.469 e. The van der Waals surface area contributed by atoms with Gasteiger partial charge in [0.25, 0.3) is 0 Å². The van der Waals surface area contributed by atoms with Gasteiger partial charge in [0.05, 0.1) is 13.2 Å². The molecule has 3 atom stereocenters. The summed E-state index contributed by atoms with van der Waals surface area (Å²) in [6.45, 7) is 2.19. The Morgan fingerprint density at radius 3 is 2.65 bits per heavy atom. The first-order valence-corrected chi connectivity index (χ1v) is 9.07. The van der Waals surface area contributed by atoms with Gasteiger partial charge in [-0.15, -0.1) is 5.92 Å². The second kappa shape index (κ2) is 12.4. The first-order valence-electron chi connectivity index (χ1n) is 9.07. The van der Waals surface area contributed by atoms with Crippen molar-refractivity contribution in [1.82, 2.24) is 0 Å².